The van der Waals surface area contributed by atoms with Crippen LogP contribution in [-0.4, -0.2) is 40.8 Å². The Morgan fingerprint density at radius 1 is 1.50 bits per heavy atom. The average molecular weight is 341 g/mol. The van der Waals surface area contributed by atoms with Gasteiger partial charge in [-0.3, -0.25) is 4.79 Å². The first-order valence-electron chi connectivity index (χ1n) is 6.02. The Balaban J connectivity index is 2.86. The van der Waals surface area contributed by atoms with Crippen LogP contribution in [-0.2, 0) is 4.79 Å². The Kier molecular flexibility index (Phi) is 5.98. The van der Waals surface area contributed by atoms with E-state index in [1.807, 2.05) is 0 Å². The van der Waals surface area contributed by atoms with Crippen LogP contribution in [0.3, 0.4) is 0 Å². The van der Waals surface area contributed by atoms with Crippen molar-refractivity contribution < 1.29 is 32.6 Å². The maximum absolute atomic E-state index is 12.3. The van der Waals surface area contributed by atoms with Crippen molar-refractivity contribution in [1.82, 2.24) is 10.3 Å². The summed E-state index contributed by atoms with van der Waals surface area (Å²) in [5.41, 5.74) is -0.179. The minimum atomic E-state index is -4.73. The number of ether oxygens (including phenoxy) is 1. The summed E-state index contributed by atoms with van der Waals surface area (Å²) in [6, 6.07) is -0.973. The highest BCUT2D eigenvalue weighted by atomic mass is 35.5. The SMILES string of the molecule is CCOc1ncc(C(=O)NC(CC(F)(F)F)C(=O)O)cc1Cl. The Hall–Kier alpha value is -2.03. The van der Waals surface area contributed by atoms with Gasteiger partial charge in [-0.1, -0.05) is 11.6 Å². The molecule has 0 saturated carbocycles. The van der Waals surface area contributed by atoms with Gasteiger partial charge in [0.2, 0.25) is 5.88 Å². The van der Waals surface area contributed by atoms with Crippen LogP contribution in [0, 0.1) is 0 Å². The number of carbonyl (C=O) groups is 2. The normalized spacial score (nSPS) is 12.6. The molecule has 0 fully saturated rings. The smallest absolute Gasteiger partial charge is 0.391 e. The predicted molar refractivity (Wildman–Crippen MR) is 70.0 cm³/mol. The molecule has 1 rings (SSSR count). The zero-order chi connectivity index (χ0) is 16.9. The van der Waals surface area contributed by atoms with Crippen molar-refractivity contribution in [2.45, 2.75) is 25.6 Å². The van der Waals surface area contributed by atoms with E-state index in [4.69, 9.17) is 21.4 Å². The van der Waals surface area contributed by atoms with Crippen LogP contribution in [0.25, 0.3) is 0 Å². The molecule has 10 heteroatoms. The van der Waals surface area contributed by atoms with Crippen LogP contribution < -0.4 is 10.1 Å². The van der Waals surface area contributed by atoms with Crippen LogP contribution in [0.1, 0.15) is 23.7 Å². The van der Waals surface area contributed by atoms with E-state index < -0.39 is 30.5 Å². The van der Waals surface area contributed by atoms with Crippen molar-refractivity contribution in [2.24, 2.45) is 0 Å². The Morgan fingerprint density at radius 2 is 2.14 bits per heavy atom. The number of carboxylic acids is 1. The minimum absolute atomic E-state index is 0.0165. The number of alkyl halides is 3. The van der Waals surface area contributed by atoms with Crippen molar-refractivity contribution >= 4 is 23.5 Å². The van der Waals surface area contributed by atoms with Gasteiger partial charge in [-0.2, -0.15) is 13.2 Å². The molecule has 0 aliphatic rings. The van der Waals surface area contributed by atoms with Crippen molar-refractivity contribution in [3.63, 3.8) is 0 Å². The number of nitrogens with one attached hydrogen (secondary N) is 1. The number of hydrogen-bond donors (Lipinski definition) is 2. The first kappa shape index (κ1) is 18.0. The van der Waals surface area contributed by atoms with Gasteiger partial charge in [-0.15, -0.1) is 0 Å². The molecule has 1 amide bonds. The molecule has 0 radical (unpaired) electrons. The highest BCUT2D eigenvalue weighted by Crippen LogP contribution is 2.24. The molecule has 0 spiro atoms. The summed E-state index contributed by atoms with van der Waals surface area (Å²) in [5.74, 6) is -2.77. The summed E-state index contributed by atoms with van der Waals surface area (Å²) in [7, 11) is 0. The zero-order valence-corrected chi connectivity index (χ0v) is 12.0. The topological polar surface area (TPSA) is 88.5 Å². The van der Waals surface area contributed by atoms with Crippen LogP contribution in [0.2, 0.25) is 5.02 Å². The molecule has 0 aliphatic heterocycles. The van der Waals surface area contributed by atoms with E-state index >= 15 is 0 Å². The lowest BCUT2D eigenvalue weighted by Gasteiger charge is -2.16. The third kappa shape index (κ3) is 5.40. The standard InChI is InChI=1S/C12H12ClF3N2O4/c1-2-22-10-7(13)3-6(5-17-10)9(19)18-8(11(20)21)4-12(14,15)16/h3,5,8H,2,4H2,1H3,(H,18,19)(H,20,21). The molecule has 2 N–H and O–H groups in total. The van der Waals surface area contributed by atoms with Crippen molar-refractivity contribution in [2.75, 3.05) is 6.61 Å². The highest BCUT2D eigenvalue weighted by molar-refractivity contribution is 6.32. The molecule has 1 aromatic rings. The largest absolute Gasteiger partial charge is 0.480 e. The Morgan fingerprint density at radius 3 is 2.59 bits per heavy atom. The zero-order valence-electron chi connectivity index (χ0n) is 11.3. The van der Waals surface area contributed by atoms with Gasteiger partial charge < -0.3 is 15.2 Å². The summed E-state index contributed by atoms with van der Waals surface area (Å²) in [5, 5.41) is 10.5. The summed E-state index contributed by atoms with van der Waals surface area (Å²) >= 11 is 5.79. The van der Waals surface area contributed by atoms with E-state index in [0.717, 1.165) is 12.3 Å². The van der Waals surface area contributed by atoms with Gasteiger partial charge in [0.05, 0.1) is 18.6 Å². The van der Waals surface area contributed by atoms with Crippen molar-refractivity contribution in [1.29, 1.82) is 0 Å². The van der Waals surface area contributed by atoms with Gasteiger partial charge in [0.1, 0.15) is 11.1 Å². The van der Waals surface area contributed by atoms with Gasteiger partial charge in [0.25, 0.3) is 5.91 Å². The molecule has 1 heterocycles. The molecule has 0 aliphatic carbocycles. The maximum Gasteiger partial charge on any atom is 0.391 e. The van der Waals surface area contributed by atoms with E-state index in [9.17, 15) is 22.8 Å². The van der Waals surface area contributed by atoms with Gasteiger partial charge in [-0.05, 0) is 13.0 Å². The van der Waals surface area contributed by atoms with E-state index in [0.29, 0.717) is 0 Å². The number of aromatic nitrogens is 1. The molecule has 1 unspecified atom stereocenters. The van der Waals surface area contributed by atoms with E-state index in [-0.39, 0.29) is 23.1 Å². The number of hydrogen-bond acceptors (Lipinski definition) is 4. The minimum Gasteiger partial charge on any atom is -0.480 e. The number of amides is 1. The van der Waals surface area contributed by atoms with E-state index in [1.165, 1.54) is 0 Å². The molecule has 0 bridgehead atoms. The number of nitrogens with zero attached hydrogens (tertiary/aromatic N) is 1. The lowest BCUT2D eigenvalue weighted by molar-refractivity contribution is -0.157. The van der Waals surface area contributed by atoms with Gasteiger partial charge in [0, 0.05) is 6.20 Å². The first-order valence-corrected chi connectivity index (χ1v) is 6.40. The van der Waals surface area contributed by atoms with Crippen molar-refractivity contribution in [3.8, 4) is 5.88 Å². The molecule has 0 saturated heterocycles. The lowest BCUT2D eigenvalue weighted by atomic mass is 10.2. The molecule has 1 aromatic heterocycles. The molecular weight excluding hydrogens is 329 g/mol. The number of carboxylic acid groups (broad SMARTS) is 1. The summed E-state index contributed by atoms with van der Waals surface area (Å²) < 4.78 is 41.8. The number of aliphatic carboxylic acids is 1. The first-order chi connectivity index (χ1) is 10.1. The van der Waals surface area contributed by atoms with Crippen LogP contribution in [0.15, 0.2) is 12.3 Å². The monoisotopic (exact) mass is 340 g/mol. The molecular formula is C12H12ClF3N2O4. The molecule has 1 atom stereocenters. The van der Waals surface area contributed by atoms with Gasteiger partial charge >= 0.3 is 12.1 Å². The summed E-state index contributed by atoms with van der Waals surface area (Å²) in [6.45, 7) is 1.97. The Labute approximate surface area is 128 Å². The number of halogens is 4. The predicted octanol–water partition coefficient (Wildman–Crippen LogP) is 2.27. The molecule has 0 aromatic carbocycles. The number of carbonyl (C=O) groups excluding carboxylic acids is 1. The number of pyridine rings is 1. The second kappa shape index (κ2) is 7.30. The third-order valence-corrected chi connectivity index (χ3v) is 2.66. The third-order valence-electron chi connectivity index (χ3n) is 2.39. The summed E-state index contributed by atoms with van der Waals surface area (Å²) in [6.07, 6.45) is -5.39. The molecule has 122 valence electrons. The highest BCUT2D eigenvalue weighted by Gasteiger charge is 2.36. The number of rotatable bonds is 6. The van der Waals surface area contributed by atoms with E-state index in [1.54, 1.807) is 12.2 Å². The van der Waals surface area contributed by atoms with Crippen molar-refractivity contribution in [3.05, 3.63) is 22.8 Å². The lowest BCUT2D eigenvalue weighted by Crippen LogP contribution is -2.43. The fourth-order valence-corrected chi connectivity index (χ4v) is 1.69. The van der Waals surface area contributed by atoms with Gasteiger partial charge in [-0.25, -0.2) is 9.78 Å². The second-order valence-corrected chi connectivity index (χ2v) is 4.53. The Bertz CT molecular complexity index is 566. The average Bonchev–Trinajstić information content (AvgIpc) is 2.38. The molecule has 22 heavy (non-hydrogen) atoms. The fourth-order valence-electron chi connectivity index (χ4n) is 1.47. The van der Waals surface area contributed by atoms with Crippen LogP contribution in [0.5, 0.6) is 5.88 Å². The fraction of sp³-hybridized carbons (Fsp3) is 0.417. The van der Waals surface area contributed by atoms with E-state index in [2.05, 4.69) is 4.98 Å². The quantitative estimate of drug-likeness (QED) is 0.829. The van der Waals surface area contributed by atoms with Crippen LogP contribution >= 0.6 is 11.6 Å². The molecule has 6 nitrogen and oxygen atoms in total. The summed E-state index contributed by atoms with van der Waals surface area (Å²) in [4.78, 5) is 26.3. The maximum atomic E-state index is 12.3. The van der Waals surface area contributed by atoms with Gasteiger partial charge in [0.15, 0.2) is 0 Å². The second-order valence-electron chi connectivity index (χ2n) is 4.13. The van der Waals surface area contributed by atoms with Crippen LogP contribution in [0.4, 0.5) is 13.2 Å².